The van der Waals surface area contributed by atoms with Gasteiger partial charge in [0, 0.05) is 30.2 Å². The molecule has 0 aliphatic rings. The first-order chi connectivity index (χ1) is 9.17. The lowest BCUT2D eigenvalue weighted by Crippen LogP contribution is -2.04. The fraction of sp³-hybridized carbons (Fsp3) is 0.412. The van der Waals surface area contributed by atoms with Crippen LogP contribution in [-0.4, -0.2) is 4.57 Å². The molecule has 0 bridgehead atoms. The summed E-state index contributed by atoms with van der Waals surface area (Å²) in [6.45, 7) is 10.7. The number of para-hydroxylation sites is 1. The molecule has 1 aromatic heterocycles. The van der Waals surface area contributed by atoms with Crippen LogP contribution in [-0.2, 0) is 19.5 Å². The second-order valence-corrected chi connectivity index (χ2v) is 5.00. The van der Waals surface area contributed by atoms with E-state index in [4.69, 9.17) is 0 Å². The van der Waals surface area contributed by atoms with Gasteiger partial charge in [0.15, 0.2) is 0 Å². The number of nitrogens with one attached hydrogen (secondary N) is 1. The van der Waals surface area contributed by atoms with Crippen LogP contribution in [0.2, 0.25) is 0 Å². The maximum absolute atomic E-state index is 3.57. The van der Waals surface area contributed by atoms with Crippen LogP contribution >= 0.6 is 0 Å². The van der Waals surface area contributed by atoms with E-state index >= 15 is 0 Å². The van der Waals surface area contributed by atoms with Crippen LogP contribution in [0.25, 0.3) is 0 Å². The van der Waals surface area contributed by atoms with Gasteiger partial charge in [0.1, 0.15) is 0 Å². The minimum Gasteiger partial charge on any atom is -0.381 e. The van der Waals surface area contributed by atoms with Gasteiger partial charge in [-0.05, 0) is 50.5 Å². The van der Waals surface area contributed by atoms with Crippen molar-refractivity contribution in [2.24, 2.45) is 0 Å². The maximum atomic E-state index is 3.57. The van der Waals surface area contributed by atoms with Crippen molar-refractivity contribution in [2.75, 3.05) is 5.32 Å². The lowest BCUT2D eigenvalue weighted by molar-refractivity contribution is 0.715. The molecular formula is C17H24N2. The quantitative estimate of drug-likeness (QED) is 0.844. The number of anilines is 1. The summed E-state index contributed by atoms with van der Waals surface area (Å²) in [7, 11) is 0. The molecule has 0 amide bonds. The van der Waals surface area contributed by atoms with Gasteiger partial charge in [0.2, 0.25) is 0 Å². The average Bonchev–Trinajstić information content (AvgIpc) is 2.71. The van der Waals surface area contributed by atoms with Gasteiger partial charge in [-0.3, -0.25) is 0 Å². The van der Waals surface area contributed by atoms with Crippen LogP contribution in [0.15, 0.2) is 30.3 Å². The van der Waals surface area contributed by atoms with Crippen molar-refractivity contribution in [1.82, 2.24) is 4.57 Å². The number of hydrogen-bond donors (Lipinski definition) is 1. The number of benzene rings is 1. The lowest BCUT2D eigenvalue weighted by atomic mass is 10.1. The fourth-order valence-electron chi connectivity index (χ4n) is 2.73. The average molecular weight is 256 g/mol. The Morgan fingerprint density at radius 3 is 2.42 bits per heavy atom. The number of nitrogens with zero attached hydrogens (tertiary/aromatic N) is 1. The zero-order valence-corrected chi connectivity index (χ0v) is 12.5. The molecule has 2 nitrogen and oxygen atoms in total. The predicted molar refractivity (Wildman–Crippen MR) is 82.7 cm³/mol. The zero-order chi connectivity index (χ0) is 13.8. The first-order valence-corrected chi connectivity index (χ1v) is 7.14. The largest absolute Gasteiger partial charge is 0.381 e. The van der Waals surface area contributed by atoms with E-state index < -0.39 is 0 Å². The number of hydrogen-bond acceptors (Lipinski definition) is 1. The van der Waals surface area contributed by atoms with Crippen molar-refractivity contribution < 1.29 is 0 Å². The predicted octanol–water partition coefficient (Wildman–Crippen LogP) is 4.30. The fourth-order valence-corrected chi connectivity index (χ4v) is 2.73. The summed E-state index contributed by atoms with van der Waals surface area (Å²) >= 11 is 0. The SMILES string of the molecule is CCc1ccccc1NCc1cc(C)n(CC)c1C. The van der Waals surface area contributed by atoms with E-state index in [9.17, 15) is 0 Å². The topological polar surface area (TPSA) is 17.0 Å². The molecule has 2 heteroatoms. The third kappa shape index (κ3) is 2.83. The minimum absolute atomic E-state index is 0.899. The van der Waals surface area contributed by atoms with Gasteiger partial charge in [-0.2, -0.15) is 0 Å². The van der Waals surface area contributed by atoms with Crippen LogP contribution in [0.3, 0.4) is 0 Å². The smallest absolute Gasteiger partial charge is 0.0418 e. The molecule has 0 unspecified atom stereocenters. The molecule has 0 aliphatic heterocycles. The molecule has 2 aromatic rings. The summed E-state index contributed by atoms with van der Waals surface area (Å²) in [5, 5.41) is 3.57. The Balaban J connectivity index is 2.15. The van der Waals surface area contributed by atoms with Crippen molar-refractivity contribution in [3.05, 3.63) is 52.8 Å². The van der Waals surface area contributed by atoms with E-state index in [0.717, 1.165) is 19.5 Å². The summed E-state index contributed by atoms with van der Waals surface area (Å²) in [4.78, 5) is 0. The Kier molecular flexibility index (Phi) is 4.31. The number of aromatic nitrogens is 1. The van der Waals surface area contributed by atoms with E-state index in [-0.39, 0.29) is 0 Å². The molecule has 1 heterocycles. The van der Waals surface area contributed by atoms with Crippen LogP contribution in [0.5, 0.6) is 0 Å². The highest BCUT2D eigenvalue weighted by molar-refractivity contribution is 5.51. The van der Waals surface area contributed by atoms with E-state index in [1.807, 2.05) is 0 Å². The molecule has 19 heavy (non-hydrogen) atoms. The molecule has 1 N–H and O–H groups in total. The second kappa shape index (κ2) is 5.96. The Bertz CT molecular complexity index is 552. The zero-order valence-electron chi connectivity index (χ0n) is 12.5. The molecule has 0 fully saturated rings. The van der Waals surface area contributed by atoms with Crippen molar-refractivity contribution in [1.29, 1.82) is 0 Å². The van der Waals surface area contributed by atoms with Crippen molar-refractivity contribution in [3.8, 4) is 0 Å². The monoisotopic (exact) mass is 256 g/mol. The maximum Gasteiger partial charge on any atom is 0.0418 e. The van der Waals surface area contributed by atoms with E-state index in [2.05, 4.69) is 67.9 Å². The molecule has 0 spiro atoms. The van der Waals surface area contributed by atoms with Gasteiger partial charge in [-0.1, -0.05) is 25.1 Å². The summed E-state index contributed by atoms with van der Waals surface area (Å²) in [5.74, 6) is 0. The van der Waals surface area contributed by atoms with Crippen molar-refractivity contribution in [2.45, 2.75) is 47.2 Å². The Hall–Kier alpha value is -1.70. The molecule has 0 saturated heterocycles. The first kappa shape index (κ1) is 13.7. The molecule has 0 radical (unpaired) electrons. The molecule has 0 saturated carbocycles. The highest BCUT2D eigenvalue weighted by Crippen LogP contribution is 2.19. The van der Waals surface area contributed by atoms with E-state index in [1.54, 1.807) is 0 Å². The van der Waals surface area contributed by atoms with Gasteiger partial charge >= 0.3 is 0 Å². The van der Waals surface area contributed by atoms with Crippen molar-refractivity contribution >= 4 is 5.69 Å². The van der Waals surface area contributed by atoms with Gasteiger partial charge in [-0.25, -0.2) is 0 Å². The van der Waals surface area contributed by atoms with Gasteiger partial charge in [0.25, 0.3) is 0 Å². The Morgan fingerprint density at radius 1 is 1.05 bits per heavy atom. The summed E-state index contributed by atoms with van der Waals surface area (Å²) in [6, 6.07) is 10.8. The minimum atomic E-state index is 0.899. The van der Waals surface area contributed by atoms with Crippen LogP contribution < -0.4 is 5.32 Å². The van der Waals surface area contributed by atoms with Gasteiger partial charge in [0.05, 0.1) is 0 Å². The van der Waals surface area contributed by atoms with E-state index in [0.29, 0.717) is 0 Å². The first-order valence-electron chi connectivity index (χ1n) is 7.14. The highest BCUT2D eigenvalue weighted by Gasteiger charge is 2.08. The standard InChI is InChI=1S/C17H24N2/c1-5-15-9-7-8-10-17(15)18-12-16-11-13(3)19(6-2)14(16)4/h7-11,18H,5-6,12H2,1-4H3. The molecule has 102 valence electrons. The van der Waals surface area contributed by atoms with Crippen molar-refractivity contribution in [3.63, 3.8) is 0 Å². The highest BCUT2D eigenvalue weighted by atomic mass is 15.0. The van der Waals surface area contributed by atoms with Gasteiger partial charge in [-0.15, -0.1) is 0 Å². The van der Waals surface area contributed by atoms with Gasteiger partial charge < -0.3 is 9.88 Å². The number of rotatable bonds is 5. The molecule has 1 aromatic carbocycles. The summed E-state index contributed by atoms with van der Waals surface area (Å²) in [6.07, 6.45) is 1.07. The lowest BCUT2D eigenvalue weighted by Gasteiger charge is -2.11. The third-order valence-corrected chi connectivity index (χ3v) is 3.86. The van der Waals surface area contributed by atoms with E-state index in [1.165, 1.54) is 28.2 Å². The Labute approximate surface area is 116 Å². The number of aryl methyl sites for hydroxylation is 2. The van der Waals surface area contributed by atoms with Crippen LogP contribution in [0, 0.1) is 13.8 Å². The molecule has 0 atom stereocenters. The molecular weight excluding hydrogens is 232 g/mol. The normalized spacial score (nSPS) is 10.7. The summed E-state index contributed by atoms with van der Waals surface area (Å²) in [5.41, 5.74) is 6.76. The second-order valence-electron chi connectivity index (χ2n) is 5.00. The molecule has 2 rings (SSSR count). The van der Waals surface area contributed by atoms with Crippen LogP contribution in [0.4, 0.5) is 5.69 Å². The molecule has 0 aliphatic carbocycles. The summed E-state index contributed by atoms with van der Waals surface area (Å²) < 4.78 is 2.36. The third-order valence-electron chi connectivity index (χ3n) is 3.86. The Morgan fingerprint density at radius 2 is 1.79 bits per heavy atom. The van der Waals surface area contributed by atoms with Crippen LogP contribution in [0.1, 0.15) is 36.4 Å².